The van der Waals surface area contributed by atoms with Gasteiger partial charge in [-0.25, -0.2) is 0 Å². The maximum Gasteiger partial charge on any atom is 0.138 e. The van der Waals surface area contributed by atoms with E-state index in [0.717, 1.165) is 11.1 Å². The molecule has 2 aromatic rings. The van der Waals surface area contributed by atoms with Crippen molar-refractivity contribution in [3.63, 3.8) is 0 Å². The zero-order valence-electron chi connectivity index (χ0n) is 9.57. The lowest BCUT2D eigenvalue weighted by Crippen LogP contribution is -1.96. The molecule has 4 heteroatoms. The second kappa shape index (κ2) is 6.41. The molecule has 2 rings (SSSR count). The van der Waals surface area contributed by atoms with Crippen molar-refractivity contribution >= 4 is 34.2 Å². The second-order valence-electron chi connectivity index (χ2n) is 3.84. The van der Waals surface area contributed by atoms with Crippen molar-refractivity contribution < 1.29 is 9.84 Å². The molecule has 0 aliphatic rings. The van der Waals surface area contributed by atoms with Gasteiger partial charge in [-0.2, -0.15) is 0 Å². The van der Waals surface area contributed by atoms with Gasteiger partial charge in [-0.1, -0.05) is 29.8 Å². The Morgan fingerprint density at radius 1 is 1.06 bits per heavy atom. The molecule has 0 atom stereocenters. The first kappa shape index (κ1) is 13.6. The summed E-state index contributed by atoms with van der Waals surface area (Å²) in [7, 11) is 0. The molecular formula is C14H12ClIO2. The van der Waals surface area contributed by atoms with Gasteiger partial charge < -0.3 is 9.84 Å². The molecule has 0 aliphatic heterocycles. The van der Waals surface area contributed by atoms with Crippen LogP contribution in [0.1, 0.15) is 11.1 Å². The van der Waals surface area contributed by atoms with Crippen LogP contribution in [0.2, 0.25) is 5.02 Å². The number of rotatable bonds is 4. The van der Waals surface area contributed by atoms with Crippen LogP contribution in [0.4, 0.5) is 0 Å². The maximum atomic E-state index is 8.99. The topological polar surface area (TPSA) is 29.5 Å². The highest BCUT2D eigenvalue weighted by Crippen LogP contribution is 2.26. The highest BCUT2D eigenvalue weighted by Gasteiger charge is 2.03. The summed E-state index contributed by atoms with van der Waals surface area (Å²) < 4.78 is 6.84. The fraction of sp³-hybridized carbons (Fsp3) is 0.143. The van der Waals surface area contributed by atoms with Gasteiger partial charge in [0.25, 0.3) is 0 Å². The minimum absolute atomic E-state index is 0.0167. The molecule has 94 valence electrons. The van der Waals surface area contributed by atoms with E-state index in [9.17, 15) is 0 Å². The van der Waals surface area contributed by atoms with Gasteiger partial charge in [0.2, 0.25) is 0 Å². The van der Waals surface area contributed by atoms with Gasteiger partial charge in [-0.05, 0) is 58.0 Å². The molecule has 1 N–H and O–H groups in total. The fourth-order valence-electron chi connectivity index (χ4n) is 1.50. The molecule has 0 bridgehead atoms. The lowest BCUT2D eigenvalue weighted by molar-refractivity contribution is 0.281. The number of aliphatic hydroxyl groups excluding tert-OH is 1. The van der Waals surface area contributed by atoms with Crippen molar-refractivity contribution in [1.29, 1.82) is 0 Å². The van der Waals surface area contributed by atoms with E-state index in [1.54, 1.807) is 18.2 Å². The van der Waals surface area contributed by atoms with E-state index in [1.165, 1.54) is 3.57 Å². The number of benzene rings is 2. The largest absolute Gasteiger partial charge is 0.487 e. The third-order valence-electron chi connectivity index (χ3n) is 2.49. The van der Waals surface area contributed by atoms with Crippen molar-refractivity contribution in [3.8, 4) is 5.75 Å². The highest BCUT2D eigenvalue weighted by atomic mass is 127. The predicted octanol–water partition coefficient (Wildman–Crippen LogP) is 4.02. The van der Waals surface area contributed by atoms with Crippen LogP contribution in [-0.4, -0.2) is 5.11 Å². The maximum absolute atomic E-state index is 8.99. The molecule has 0 aromatic heterocycles. The van der Waals surface area contributed by atoms with E-state index >= 15 is 0 Å². The summed E-state index contributed by atoms with van der Waals surface area (Å²) in [5, 5.41) is 9.51. The Morgan fingerprint density at radius 2 is 1.72 bits per heavy atom. The third kappa shape index (κ3) is 3.60. The molecule has 0 fully saturated rings. The lowest BCUT2D eigenvalue weighted by atomic mass is 10.2. The first-order valence-electron chi connectivity index (χ1n) is 5.45. The van der Waals surface area contributed by atoms with Crippen molar-refractivity contribution in [2.45, 2.75) is 13.2 Å². The van der Waals surface area contributed by atoms with Crippen molar-refractivity contribution in [3.05, 3.63) is 62.2 Å². The number of hydrogen-bond donors (Lipinski definition) is 1. The van der Waals surface area contributed by atoms with E-state index in [4.69, 9.17) is 21.4 Å². The lowest BCUT2D eigenvalue weighted by Gasteiger charge is -2.09. The Morgan fingerprint density at radius 3 is 2.33 bits per heavy atom. The summed E-state index contributed by atoms with van der Waals surface area (Å²) in [5.74, 6) is 0.632. The average molecular weight is 375 g/mol. The Bertz CT molecular complexity index is 526. The molecule has 0 aliphatic carbocycles. The molecule has 2 aromatic carbocycles. The van der Waals surface area contributed by atoms with Gasteiger partial charge in [0.15, 0.2) is 0 Å². The first-order chi connectivity index (χ1) is 8.69. The molecule has 18 heavy (non-hydrogen) atoms. The van der Waals surface area contributed by atoms with Gasteiger partial charge in [0.1, 0.15) is 12.4 Å². The number of hydrogen-bond acceptors (Lipinski definition) is 2. The number of ether oxygens (including phenoxy) is 1. The summed E-state index contributed by atoms with van der Waals surface area (Å²) in [5.41, 5.74) is 1.87. The summed E-state index contributed by atoms with van der Waals surface area (Å²) in [6.07, 6.45) is 0. The third-order valence-corrected chi connectivity index (χ3v) is 3.50. The van der Waals surface area contributed by atoms with E-state index in [2.05, 4.69) is 22.6 Å². The van der Waals surface area contributed by atoms with Crippen molar-refractivity contribution in [1.82, 2.24) is 0 Å². The van der Waals surface area contributed by atoms with Crippen LogP contribution in [0, 0.1) is 3.57 Å². The fourth-order valence-corrected chi connectivity index (χ4v) is 2.12. The molecule has 2 nitrogen and oxygen atoms in total. The SMILES string of the molecule is OCc1ccc(OCc2ccc(I)cc2)c(Cl)c1. The quantitative estimate of drug-likeness (QED) is 0.819. The number of halogens is 2. The van der Waals surface area contributed by atoms with Crippen LogP contribution >= 0.6 is 34.2 Å². The molecule has 0 amide bonds. The van der Waals surface area contributed by atoms with Crippen LogP contribution in [0.3, 0.4) is 0 Å². The average Bonchev–Trinajstić information content (AvgIpc) is 2.39. The Balaban J connectivity index is 2.04. The summed E-state index contributed by atoms with van der Waals surface area (Å²) in [4.78, 5) is 0. The molecule has 0 saturated carbocycles. The molecule has 0 radical (unpaired) electrons. The zero-order valence-corrected chi connectivity index (χ0v) is 12.5. The zero-order chi connectivity index (χ0) is 13.0. The first-order valence-corrected chi connectivity index (χ1v) is 6.91. The Labute approximate surface area is 125 Å². The molecular weight excluding hydrogens is 363 g/mol. The van der Waals surface area contributed by atoms with Gasteiger partial charge in [0.05, 0.1) is 11.6 Å². The minimum Gasteiger partial charge on any atom is -0.487 e. The van der Waals surface area contributed by atoms with Crippen LogP contribution in [0.25, 0.3) is 0 Å². The summed E-state index contributed by atoms with van der Waals surface area (Å²) >= 11 is 8.33. The van der Waals surface area contributed by atoms with Crippen molar-refractivity contribution in [2.75, 3.05) is 0 Å². The van der Waals surface area contributed by atoms with E-state index < -0.39 is 0 Å². The number of aliphatic hydroxyl groups is 1. The van der Waals surface area contributed by atoms with E-state index in [0.29, 0.717) is 17.4 Å². The van der Waals surface area contributed by atoms with Gasteiger partial charge in [-0.3, -0.25) is 0 Å². The van der Waals surface area contributed by atoms with Crippen LogP contribution in [0.5, 0.6) is 5.75 Å². The monoisotopic (exact) mass is 374 g/mol. The smallest absolute Gasteiger partial charge is 0.138 e. The molecule has 0 heterocycles. The normalized spacial score (nSPS) is 10.4. The standard InChI is InChI=1S/C14H12ClIO2/c15-13-7-11(8-17)3-6-14(13)18-9-10-1-4-12(16)5-2-10/h1-7,17H,8-9H2. The minimum atomic E-state index is -0.0167. The van der Waals surface area contributed by atoms with Gasteiger partial charge in [-0.15, -0.1) is 0 Å². The van der Waals surface area contributed by atoms with E-state index in [1.807, 2.05) is 24.3 Å². The van der Waals surface area contributed by atoms with Crippen LogP contribution in [-0.2, 0) is 13.2 Å². The van der Waals surface area contributed by atoms with Gasteiger partial charge in [0, 0.05) is 3.57 Å². The molecule has 0 unspecified atom stereocenters. The second-order valence-corrected chi connectivity index (χ2v) is 5.49. The summed E-state index contributed by atoms with van der Waals surface area (Å²) in [6, 6.07) is 13.4. The summed E-state index contributed by atoms with van der Waals surface area (Å²) in [6.45, 7) is 0.465. The predicted molar refractivity (Wildman–Crippen MR) is 80.9 cm³/mol. The van der Waals surface area contributed by atoms with Crippen molar-refractivity contribution in [2.24, 2.45) is 0 Å². The van der Waals surface area contributed by atoms with Gasteiger partial charge >= 0.3 is 0 Å². The van der Waals surface area contributed by atoms with E-state index in [-0.39, 0.29) is 6.61 Å². The highest BCUT2D eigenvalue weighted by molar-refractivity contribution is 14.1. The Kier molecular flexibility index (Phi) is 4.86. The molecule has 0 saturated heterocycles. The Hall–Kier alpha value is -0.780. The van der Waals surface area contributed by atoms with Crippen LogP contribution in [0.15, 0.2) is 42.5 Å². The molecule has 0 spiro atoms. The van der Waals surface area contributed by atoms with Crippen LogP contribution < -0.4 is 4.74 Å².